The molecule has 0 amide bonds. The van der Waals surface area contributed by atoms with E-state index in [2.05, 4.69) is 33.0 Å². The fourth-order valence-electron chi connectivity index (χ4n) is 2.24. The van der Waals surface area contributed by atoms with Gasteiger partial charge in [0.05, 0.1) is 11.2 Å². The zero-order valence-corrected chi connectivity index (χ0v) is 10.9. The SMILES string of the molecule is CC(C)NC(C)(C)c1nc2c(s1)CCC2. The lowest BCUT2D eigenvalue weighted by atomic mass is 10.1. The monoisotopic (exact) mass is 224 g/mol. The standard InChI is InChI=1S/C12H20N2S/c1-8(2)14-12(3,4)11-13-9-6-5-7-10(9)15-11/h8,14H,5-7H2,1-4H3. The molecule has 0 radical (unpaired) electrons. The smallest absolute Gasteiger partial charge is 0.113 e. The quantitative estimate of drug-likeness (QED) is 0.854. The first-order chi connectivity index (χ1) is 6.99. The molecule has 0 saturated carbocycles. The Kier molecular flexibility index (Phi) is 2.86. The normalized spacial score (nSPS) is 16.1. The molecule has 0 saturated heterocycles. The summed E-state index contributed by atoms with van der Waals surface area (Å²) in [5.74, 6) is 0. The van der Waals surface area contributed by atoms with E-state index in [9.17, 15) is 0 Å². The molecule has 2 rings (SSSR count). The first-order valence-corrected chi connectivity index (χ1v) is 6.57. The number of aryl methyl sites for hydroxylation is 2. The molecule has 1 aliphatic carbocycles. The van der Waals surface area contributed by atoms with Gasteiger partial charge in [0.25, 0.3) is 0 Å². The van der Waals surface area contributed by atoms with Crippen molar-refractivity contribution in [1.82, 2.24) is 10.3 Å². The molecule has 1 N–H and O–H groups in total. The molecule has 84 valence electrons. The summed E-state index contributed by atoms with van der Waals surface area (Å²) in [4.78, 5) is 6.29. The van der Waals surface area contributed by atoms with E-state index >= 15 is 0 Å². The minimum atomic E-state index is 0.0170. The molecular formula is C12H20N2S. The van der Waals surface area contributed by atoms with Crippen molar-refractivity contribution in [1.29, 1.82) is 0 Å². The van der Waals surface area contributed by atoms with E-state index in [1.807, 2.05) is 11.3 Å². The maximum atomic E-state index is 4.77. The highest BCUT2D eigenvalue weighted by Gasteiger charge is 2.27. The van der Waals surface area contributed by atoms with Crippen LogP contribution in [-0.2, 0) is 18.4 Å². The maximum Gasteiger partial charge on any atom is 0.113 e. The molecule has 1 aromatic rings. The van der Waals surface area contributed by atoms with Crippen molar-refractivity contribution >= 4 is 11.3 Å². The summed E-state index contributed by atoms with van der Waals surface area (Å²) in [5.41, 5.74) is 1.37. The van der Waals surface area contributed by atoms with Crippen LogP contribution in [0.4, 0.5) is 0 Å². The van der Waals surface area contributed by atoms with E-state index in [-0.39, 0.29) is 5.54 Å². The zero-order chi connectivity index (χ0) is 11.1. The molecule has 3 heteroatoms. The Bertz CT molecular complexity index is 331. The molecule has 2 nitrogen and oxygen atoms in total. The van der Waals surface area contributed by atoms with E-state index in [0.29, 0.717) is 6.04 Å². The largest absolute Gasteiger partial charge is 0.304 e. The fraction of sp³-hybridized carbons (Fsp3) is 0.750. The molecule has 1 heterocycles. The van der Waals surface area contributed by atoms with Gasteiger partial charge in [-0.1, -0.05) is 0 Å². The molecule has 1 aliphatic rings. The number of fused-ring (bicyclic) bond motifs is 1. The summed E-state index contributed by atoms with van der Waals surface area (Å²) in [6, 6.07) is 0.499. The predicted molar refractivity (Wildman–Crippen MR) is 65.4 cm³/mol. The topological polar surface area (TPSA) is 24.9 Å². The molecule has 0 unspecified atom stereocenters. The van der Waals surface area contributed by atoms with Gasteiger partial charge in [0.15, 0.2) is 0 Å². The van der Waals surface area contributed by atoms with Crippen LogP contribution in [0.2, 0.25) is 0 Å². The van der Waals surface area contributed by atoms with Crippen LogP contribution in [0, 0.1) is 0 Å². The summed E-state index contributed by atoms with van der Waals surface area (Å²) < 4.78 is 0. The van der Waals surface area contributed by atoms with Gasteiger partial charge in [0.2, 0.25) is 0 Å². The van der Waals surface area contributed by atoms with Gasteiger partial charge < -0.3 is 5.32 Å². The minimum absolute atomic E-state index is 0.0170. The number of nitrogens with one attached hydrogen (secondary N) is 1. The van der Waals surface area contributed by atoms with Gasteiger partial charge in [-0.3, -0.25) is 0 Å². The number of thiazole rings is 1. The van der Waals surface area contributed by atoms with Gasteiger partial charge in [0.1, 0.15) is 5.01 Å². The van der Waals surface area contributed by atoms with Crippen molar-refractivity contribution < 1.29 is 0 Å². The number of nitrogens with zero attached hydrogens (tertiary/aromatic N) is 1. The van der Waals surface area contributed by atoms with Crippen LogP contribution in [0.15, 0.2) is 0 Å². The minimum Gasteiger partial charge on any atom is -0.304 e. The van der Waals surface area contributed by atoms with Gasteiger partial charge in [-0.25, -0.2) is 4.98 Å². The van der Waals surface area contributed by atoms with Crippen LogP contribution in [0.25, 0.3) is 0 Å². The zero-order valence-electron chi connectivity index (χ0n) is 10.1. The Morgan fingerprint density at radius 2 is 2.07 bits per heavy atom. The van der Waals surface area contributed by atoms with E-state index in [1.54, 1.807) is 0 Å². The Morgan fingerprint density at radius 3 is 2.67 bits per heavy atom. The van der Waals surface area contributed by atoms with E-state index in [1.165, 1.54) is 34.8 Å². The second kappa shape index (κ2) is 3.87. The first kappa shape index (κ1) is 11.1. The molecule has 1 aromatic heterocycles. The van der Waals surface area contributed by atoms with E-state index in [4.69, 9.17) is 4.98 Å². The number of hydrogen-bond acceptors (Lipinski definition) is 3. The third-order valence-electron chi connectivity index (χ3n) is 2.78. The Hall–Kier alpha value is -0.410. The summed E-state index contributed by atoms with van der Waals surface area (Å²) in [7, 11) is 0. The van der Waals surface area contributed by atoms with E-state index in [0.717, 1.165) is 0 Å². The molecule has 0 spiro atoms. The van der Waals surface area contributed by atoms with Crippen molar-refractivity contribution in [2.75, 3.05) is 0 Å². The lowest BCUT2D eigenvalue weighted by Crippen LogP contribution is -2.40. The highest BCUT2D eigenvalue weighted by atomic mass is 32.1. The second-order valence-corrected chi connectivity index (χ2v) is 6.25. The number of hydrogen-bond donors (Lipinski definition) is 1. The van der Waals surface area contributed by atoms with Gasteiger partial charge >= 0.3 is 0 Å². The lowest BCUT2D eigenvalue weighted by Gasteiger charge is -2.26. The Labute approximate surface area is 96.1 Å². The Morgan fingerprint density at radius 1 is 1.33 bits per heavy atom. The highest BCUT2D eigenvalue weighted by Crippen LogP contribution is 2.33. The predicted octanol–water partition coefficient (Wildman–Crippen LogP) is 2.86. The Balaban J connectivity index is 2.21. The number of aromatic nitrogens is 1. The van der Waals surface area contributed by atoms with Crippen LogP contribution in [-0.4, -0.2) is 11.0 Å². The average molecular weight is 224 g/mol. The molecular weight excluding hydrogens is 204 g/mol. The second-order valence-electron chi connectivity index (χ2n) is 5.17. The van der Waals surface area contributed by atoms with Gasteiger partial charge in [-0.05, 0) is 47.0 Å². The van der Waals surface area contributed by atoms with Crippen molar-refractivity contribution in [3.63, 3.8) is 0 Å². The molecule has 0 fully saturated rings. The van der Waals surface area contributed by atoms with Crippen LogP contribution < -0.4 is 5.32 Å². The van der Waals surface area contributed by atoms with Crippen molar-refractivity contribution in [2.24, 2.45) is 0 Å². The maximum absolute atomic E-state index is 4.77. The molecule has 15 heavy (non-hydrogen) atoms. The summed E-state index contributed by atoms with van der Waals surface area (Å²) in [6.07, 6.45) is 3.72. The summed E-state index contributed by atoms with van der Waals surface area (Å²) in [6.45, 7) is 8.81. The molecule has 0 atom stereocenters. The van der Waals surface area contributed by atoms with Crippen LogP contribution in [0.1, 0.15) is 49.7 Å². The van der Waals surface area contributed by atoms with Crippen molar-refractivity contribution in [3.8, 4) is 0 Å². The third-order valence-corrected chi connectivity index (χ3v) is 4.26. The van der Waals surface area contributed by atoms with Crippen molar-refractivity contribution in [3.05, 3.63) is 15.6 Å². The third kappa shape index (κ3) is 2.23. The van der Waals surface area contributed by atoms with Crippen LogP contribution in [0.3, 0.4) is 0 Å². The number of rotatable bonds is 3. The van der Waals surface area contributed by atoms with Gasteiger partial charge in [-0.15, -0.1) is 11.3 Å². The summed E-state index contributed by atoms with van der Waals surface area (Å²) in [5, 5.41) is 4.82. The molecule has 0 aliphatic heterocycles. The van der Waals surface area contributed by atoms with Gasteiger partial charge in [-0.2, -0.15) is 0 Å². The van der Waals surface area contributed by atoms with Crippen molar-refractivity contribution in [2.45, 2.75) is 58.5 Å². The van der Waals surface area contributed by atoms with Crippen LogP contribution in [0.5, 0.6) is 0 Å². The highest BCUT2D eigenvalue weighted by molar-refractivity contribution is 7.12. The first-order valence-electron chi connectivity index (χ1n) is 5.76. The molecule has 0 bridgehead atoms. The van der Waals surface area contributed by atoms with Crippen LogP contribution >= 0.6 is 11.3 Å². The average Bonchev–Trinajstić information content (AvgIpc) is 2.56. The molecule has 0 aromatic carbocycles. The van der Waals surface area contributed by atoms with E-state index < -0.39 is 0 Å². The summed E-state index contributed by atoms with van der Waals surface area (Å²) >= 11 is 1.90. The lowest BCUT2D eigenvalue weighted by molar-refractivity contribution is 0.364. The fourth-order valence-corrected chi connectivity index (χ4v) is 3.46. The van der Waals surface area contributed by atoms with Gasteiger partial charge in [0, 0.05) is 10.9 Å².